The number of benzene rings is 3. The number of rotatable bonds is 9. The van der Waals surface area contributed by atoms with E-state index >= 15 is 0 Å². The van der Waals surface area contributed by atoms with Gasteiger partial charge in [0.2, 0.25) is 5.91 Å². The molecule has 1 unspecified atom stereocenters. The number of thioether (sulfide) groups is 1. The van der Waals surface area contributed by atoms with Crippen LogP contribution in [-0.4, -0.2) is 25.0 Å². The van der Waals surface area contributed by atoms with Gasteiger partial charge in [0.25, 0.3) is 5.91 Å². The maximum atomic E-state index is 13.4. The Labute approximate surface area is 217 Å². The summed E-state index contributed by atoms with van der Waals surface area (Å²) in [6, 6.07) is 23.3. The van der Waals surface area contributed by atoms with Gasteiger partial charge in [0.1, 0.15) is 12.3 Å². The fourth-order valence-electron chi connectivity index (χ4n) is 3.93. The Kier molecular flexibility index (Phi) is 8.49. The minimum absolute atomic E-state index is 0.0514. The molecule has 1 aliphatic heterocycles. The number of nitrogens with one attached hydrogen (secondary N) is 1. The lowest BCUT2D eigenvalue weighted by molar-refractivity contribution is -0.122. The quantitative estimate of drug-likeness (QED) is 0.268. The van der Waals surface area contributed by atoms with Gasteiger partial charge in [-0.2, -0.15) is 0 Å². The fraction of sp³-hybridized carbons (Fsp3) is 0.267. The largest absolute Gasteiger partial charge is 0.494 e. The molecule has 1 aliphatic rings. The summed E-state index contributed by atoms with van der Waals surface area (Å²) in [5.74, 6) is 0.442. The van der Waals surface area contributed by atoms with Crippen molar-refractivity contribution in [1.29, 1.82) is 0 Å². The second kappa shape index (κ2) is 12.0. The van der Waals surface area contributed by atoms with Gasteiger partial charge in [-0.05, 0) is 61.7 Å². The zero-order valence-corrected chi connectivity index (χ0v) is 21.8. The number of carbonyl (C=O) groups is 2. The van der Waals surface area contributed by atoms with E-state index in [9.17, 15) is 9.59 Å². The standard InChI is InChI=1S/C30H32N2O3S/c1-4-5-18-35-25-16-14-24(15-17-25)22(3)31-29(33)20-32-26-8-6-7-9-27(26)36-28(30(32)34)19-23-12-10-21(2)11-13-23/h6-17,19,22H,4-5,18,20H2,1-3H3,(H,31,33)/b28-19-. The van der Waals surface area contributed by atoms with Gasteiger partial charge in [-0.3, -0.25) is 14.5 Å². The van der Waals surface area contributed by atoms with Crippen LogP contribution in [0.15, 0.2) is 82.6 Å². The highest BCUT2D eigenvalue weighted by Gasteiger charge is 2.30. The van der Waals surface area contributed by atoms with Gasteiger partial charge in [0.15, 0.2) is 0 Å². The number of anilines is 1. The molecule has 1 heterocycles. The first-order valence-corrected chi connectivity index (χ1v) is 13.2. The van der Waals surface area contributed by atoms with E-state index in [1.54, 1.807) is 4.90 Å². The van der Waals surface area contributed by atoms with E-state index in [-0.39, 0.29) is 24.4 Å². The van der Waals surface area contributed by atoms with E-state index in [1.165, 1.54) is 11.8 Å². The molecule has 0 radical (unpaired) electrons. The number of nitrogens with zero attached hydrogens (tertiary/aromatic N) is 1. The Morgan fingerprint density at radius 1 is 1.06 bits per heavy atom. The van der Waals surface area contributed by atoms with Gasteiger partial charge in [0, 0.05) is 4.90 Å². The molecule has 0 aromatic heterocycles. The normalized spacial score (nSPS) is 14.9. The molecule has 0 spiro atoms. The molecule has 1 atom stereocenters. The fourth-order valence-corrected chi connectivity index (χ4v) is 4.99. The Balaban J connectivity index is 1.46. The average molecular weight is 501 g/mol. The third-order valence-corrected chi connectivity index (χ3v) is 7.11. The first-order valence-electron chi connectivity index (χ1n) is 12.3. The van der Waals surface area contributed by atoms with Crippen LogP contribution in [0.1, 0.15) is 49.4 Å². The van der Waals surface area contributed by atoms with Crippen LogP contribution in [0.5, 0.6) is 5.75 Å². The van der Waals surface area contributed by atoms with Gasteiger partial charge < -0.3 is 10.1 Å². The van der Waals surface area contributed by atoms with Crippen molar-refractivity contribution >= 4 is 35.3 Å². The summed E-state index contributed by atoms with van der Waals surface area (Å²) < 4.78 is 5.73. The lowest BCUT2D eigenvalue weighted by Crippen LogP contribution is -2.43. The molecule has 3 aromatic rings. The first-order chi connectivity index (χ1) is 17.4. The molecule has 0 bridgehead atoms. The topological polar surface area (TPSA) is 58.6 Å². The van der Waals surface area contributed by atoms with Crippen molar-refractivity contribution in [3.05, 3.63) is 94.4 Å². The molecular formula is C30H32N2O3S. The number of para-hydroxylation sites is 1. The summed E-state index contributed by atoms with van der Waals surface area (Å²) in [7, 11) is 0. The number of hydrogen-bond acceptors (Lipinski definition) is 4. The molecule has 2 amide bonds. The lowest BCUT2D eigenvalue weighted by atomic mass is 10.1. The second-order valence-corrected chi connectivity index (χ2v) is 10.0. The highest BCUT2D eigenvalue weighted by Crippen LogP contribution is 2.42. The molecule has 186 valence electrons. The number of aryl methyl sites for hydroxylation is 1. The molecule has 0 fully saturated rings. The van der Waals surface area contributed by atoms with E-state index in [0.717, 1.165) is 45.9 Å². The van der Waals surface area contributed by atoms with Crippen molar-refractivity contribution < 1.29 is 14.3 Å². The van der Waals surface area contributed by atoms with Gasteiger partial charge in [-0.25, -0.2) is 0 Å². The summed E-state index contributed by atoms with van der Waals surface area (Å²) in [5, 5.41) is 3.04. The van der Waals surface area contributed by atoms with E-state index < -0.39 is 0 Å². The summed E-state index contributed by atoms with van der Waals surface area (Å²) in [6.07, 6.45) is 4.00. The molecule has 0 saturated carbocycles. The number of carbonyl (C=O) groups excluding carboxylic acids is 2. The van der Waals surface area contributed by atoms with Crippen molar-refractivity contribution in [2.24, 2.45) is 0 Å². The average Bonchev–Trinajstić information content (AvgIpc) is 2.88. The van der Waals surface area contributed by atoms with Crippen molar-refractivity contribution in [1.82, 2.24) is 5.32 Å². The van der Waals surface area contributed by atoms with E-state index in [4.69, 9.17) is 4.74 Å². The van der Waals surface area contributed by atoms with E-state index in [1.807, 2.05) is 92.7 Å². The van der Waals surface area contributed by atoms with Gasteiger partial charge >= 0.3 is 0 Å². The van der Waals surface area contributed by atoms with Crippen LogP contribution in [0.4, 0.5) is 5.69 Å². The number of ether oxygens (including phenoxy) is 1. The molecule has 3 aromatic carbocycles. The van der Waals surface area contributed by atoms with Crippen molar-refractivity contribution in [3.63, 3.8) is 0 Å². The first kappa shape index (κ1) is 25.6. The van der Waals surface area contributed by atoms with E-state index in [0.29, 0.717) is 11.5 Å². The minimum atomic E-state index is -0.212. The van der Waals surface area contributed by atoms with Gasteiger partial charge in [-0.1, -0.05) is 79.2 Å². The van der Waals surface area contributed by atoms with Crippen molar-refractivity contribution in [3.8, 4) is 5.75 Å². The van der Waals surface area contributed by atoms with Gasteiger partial charge in [-0.15, -0.1) is 0 Å². The second-order valence-electron chi connectivity index (χ2n) is 8.94. The number of unbranched alkanes of at least 4 members (excludes halogenated alkanes) is 1. The Hall–Kier alpha value is -3.51. The van der Waals surface area contributed by atoms with Crippen LogP contribution in [0, 0.1) is 6.92 Å². The number of hydrogen-bond donors (Lipinski definition) is 1. The maximum absolute atomic E-state index is 13.4. The monoisotopic (exact) mass is 500 g/mol. The Bertz CT molecular complexity index is 1240. The predicted octanol–water partition coefficient (Wildman–Crippen LogP) is 6.53. The van der Waals surface area contributed by atoms with Crippen LogP contribution in [0.2, 0.25) is 0 Å². The molecule has 5 nitrogen and oxygen atoms in total. The SMILES string of the molecule is CCCCOc1ccc(C(C)NC(=O)CN2C(=O)/C(=C/c3ccc(C)cc3)Sc3ccccc32)cc1. The van der Waals surface area contributed by atoms with Crippen LogP contribution in [0.3, 0.4) is 0 Å². The smallest absolute Gasteiger partial charge is 0.265 e. The molecule has 1 N–H and O–H groups in total. The highest BCUT2D eigenvalue weighted by atomic mass is 32.2. The summed E-state index contributed by atoms with van der Waals surface area (Å²) in [5.41, 5.74) is 3.85. The van der Waals surface area contributed by atoms with Gasteiger partial charge in [0.05, 0.1) is 23.2 Å². The summed E-state index contributed by atoms with van der Waals surface area (Å²) in [6.45, 7) is 6.75. The third-order valence-electron chi connectivity index (χ3n) is 6.03. The Morgan fingerprint density at radius 3 is 2.50 bits per heavy atom. The molecular weight excluding hydrogens is 468 g/mol. The van der Waals surface area contributed by atoms with Crippen LogP contribution >= 0.6 is 11.8 Å². The molecule has 6 heteroatoms. The number of amides is 2. The summed E-state index contributed by atoms with van der Waals surface area (Å²) >= 11 is 1.44. The third kappa shape index (κ3) is 6.38. The molecule has 0 saturated heterocycles. The Morgan fingerprint density at radius 2 is 1.78 bits per heavy atom. The van der Waals surface area contributed by atoms with Crippen LogP contribution in [0.25, 0.3) is 6.08 Å². The van der Waals surface area contributed by atoms with Crippen molar-refractivity contribution in [2.75, 3.05) is 18.1 Å². The highest BCUT2D eigenvalue weighted by molar-refractivity contribution is 8.04. The predicted molar refractivity (Wildman–Crippen MR) is 147 cm³/mol. The minimum Gasteiger partial charge on any atom is -0.494 e. The number of fused-ring (bicyclic) bond motifs is 1. The summed E-state index contributed by atoms with van der Waals surface area (Å²) in [4.78, 5) is 29.6. The van der Waals surface area contributed by atoms with Crippen LogP contribution in [-0.2, 0) is 9.59 Å². The van der Waals surface area contributed by atoms with E-state index in [2.05, 4.69) is 12.2 Å². The zero-order valence-electron chi connectivity index (χ0n) is 21.0. The molecule has 4 rings (SSSR count). The molecule has 36 heavy (non-hydrogen) atoms. The zero-order chi connectivity index (χ0) is 25.5. The van der Waals surface area contributed by atoms with Crippen LogP contribution < -0.4 is 15.0 Å². The van der Waals surface area contributed by atoms with Crippen molar-refractivity contribution in [2.45, 2.75) is 44.6 Å². The maximum Gasteiger partial charge on any atom is 0.265 e. The molecule has 0 aliphatic carbocycles. The lowest BCUT2D eigenvalue weighted by Gasteiger charge is -2.30.